The number of carbonyl (C=O) groups is 2. The molecule has 56 valence electrons. The van der Waals surface area contributed by atoms with Crippen molar-refractivity contribution in [2.45, 2.75) is 0 Å². The van der Waals surface area contributed by atoms with E-state index in [1.54, 1.807) is 0 Å². The lowest BCUT2D eigenvalue weighted by atomic mass is 9.52. The monoisotopic (exact) mass is 150 g/mol. The van der Waals surface area contributed by atoms with Gasteiger partial charge in [0.05, 0.1) is 11.8 Å². The summed E-state index contributed by atoms with van der Waals surface area (Å²) in [6, 6.07) is 0. The zero-order chi connectivity index (χ0) is 7.59. The van der Waals surface area contributed by atoms with Crippen molar-refractivity contribution in [1.82, 2.24) is 0 Å². The van der Waals surface area contributed by atoms with Gasteiger partial charge in [0, 0.05) is 0 Å². The molecule has 0 spiro atoms. The number of rotatable bonds is 0. The second kappa shape index (κ2) is 1.40. The lowest BCUT2D eigenvalue weighted by molar-refractivity contribution is -0.153. The minimum atomic E-state index is -0.314. The molecule has 3 aliphatic rings. The van der Waals surface area contributed by atoms with Crippen LogP contribution in [0.1, 0.15) is 0 Å². The molecule has 11 heavy (non-hydrogen) atoms. The molecule has 0 radical (unpaired) electrons. The van der Waals surface area contributed by atoms with Crippen LogP contribution in [0.15, 0.2) is 12.2 Å². The Morgan fingerprint density at radius 2 is 1.45 bits per heavy atom. The van der Waals surface area contributed by atoms with Gasteiger partial charge >= 0.3 is 11.9 Å². The average molecular weight is 150 g/mol. The number of allylic oxidation sites excluding steroid dienone is 2. The van der Waals surface area contributed by atoms with Crippen molar-refractivity contribution in [3.63, 3.8) is 0 Å². The van der Waals surface area contributed by atoms with Gasteiger partial charge in [0.2, 0.25) is 0 Å². The van der Waals surface area contributed by atoms with Crippen LogP contribution in [0.3, 0.4) is 0 Å². The first kappa shape index (κ1) is 5.52. The van der Waals surface area contributed by atoms with Crippen molar-refractivity contribution < 1.29 is 14.3 Å². The Balaban J connectivity index is 2.03. The van der Waals surface area contributed by atoms with Gasteiger partial charge in [-0.3, -0.25) is 9.59 Å². The summed E-state index contributed by atoms with van der Waals surface area (Å²) < 4.78 is 4.51. The first-order valence-electron chi connectivity index (χ1n) is 3.73. The predicted octanol–water partition coefficient (Wildman–Crippen LogP) is 0.118. The first-order valence-corrected chi connectivity index (χ1v) is 3.73. The number of esters is 2. The largest absolute Gasteiger partial charge is 0.393 e. The number of cyclic esters (lactones) is 2. The maximum absolute atomic E-state index is 11.0. The molecule has 2 aliphatic carbocycles. The Morgan fingerprint density at radius 1 is 1.00 bits per heavy atom. The Bertz CT molecular complexity index is 264. The molecule has 0 aromatic heterocycles. The molecular weight excluding hydrogens is 144 g/mol. The smallest absolute Gasteiger partial charge is 0.318 e. The highest BCUT2D eigenvalue weighted by atomic mass is 16.6. The van der Waals surface area contributed by atoms with Gasteiger partial charge in [0.25, 0.3) is 0 Å². The molecule has 2 fully saturated rings. The third-order valence-electron chi connectivity index (χ3n) is 2.96. The van der Waals surface area contributed by atoms with E-state index in [4.69, 9.17) is 0 Å². The van der Waals surface area contributed by atoms with Crippen LogP contribution < -0.4 is 0 Å². The molecule has 1 saturated heterocycles. The Kier molecular flexibility index (Phi) is 0.700. The lowest BCUT2D eigenvalue weighted by Gasteiger charge is -2.46. The fraction of sp³-hybridized carbons (Fsp3) is 0.500. The van der Waals surface area contributed by atoms with Crippen LogP contribution in [-0.4, -0.2) is 11.9 Å². The molecule has 0 aromatic rings. The minimum absolute atomic E-state index is 0.127. The van der Waals surface area contributed by atoms with Gasteiger partial charge in [-0.15, -0.1) is 0 Å². The highest BCUT2D eigenvalue weighted by Gasteiger charge is 2.64. The van der Waals surface area contributed by atoms with E-state index in [0.717, 1.165) is 0 Å². The second-order valence-electron chi connectivity index (χ2n) is 3.33. The van der Waals surface area contributed by atoms with E-state index in [2.05, 4.69) is 4.74 Å². The molecule has 0 N–H and O–H groups in total. The topological polar surface area (TPSA) is 43.4 Å². The Hall–Kier alpha value is -1.12. The van der Waals surface area contributed by atoms with Crippen LogP contribution in [0.25, 0.3) is 0 Å². The van der Waals surface area contributed by atoms with Crippen LogP contribution in [0.2, 0.25) is 0 Å². The summed E-state index contributed by atoms with van der Waals surface area (Å²) in [5.41, 5.74) is 0. The molecule has 1 saturated carbocycles. The molecule has 0 aromatic carbocycles. The average Bonchev–Trinajstić information content (AvgIpc) is 2.11. The van der Waals surface area contributed by atoms with Crippen molar-refractivity contribution in [2.75, 3.05) is 0 Å². The summed E-state index contributed by atoms with van der Waals surface area (Å²) in [7, 11) is 0. The van der Waals surface area contributed by atoms with Crippen molar-refractivity contribution >= 4 is 11.9 Å². The molecule has 3 rings (SSSR count). The number of ether oxygens (including phenoxy) is 1. The van der Waals surface area contributed by atoms with E-state index in [0.29, 0.717) is 11.8 Å². The van der Waals surface area contributed by atoms with Crippen molar-refractivity contribution in [3.05, 3.63) is 12.2 Å². The summed E-state index contributed by atoms with van der Waals surface area (Å²) in [5.74, 6) is -0.246. The summed E-state index contributed by atoms with van der Waals surface area (Å²) in [5, 5.41) is 0. The van der Waals surface area contributed by atoms with E-state index in [1.165, 1.54) is 0 Å². The molecule has 0 amide bonds. The first-order chi connectivity index (χ1) is 5.29. The molecule has 3 nitrogen and oxygen atoms in total. The SMILES string of the molecule is O=C1OC(=O)[C@@H]2[C@@H]3C=C[C@H]3[C@@H]12. The van der Waals surface area contributed by atoms with Gasteiger partial charge in [-0.05, 0) is 11.8 Å². The van der Waals surface area contributed by atoms with Crippen LogP contribution in [0, 0.1) is 23.7 Å². The molecule has 0 unspecified atom stereocenters. The van der Waals surface area contributed by atoms with Crippen LogP contribution in [0.5, 0.6) is 0 Å². The summed E-state index contributed by atoms with van der Waals surface area (Å²) in [4.78, 5) is 21.9. The maximum atomic E-state index is 11.0. The summed E-state index contributed by atoms with van der Waals surface area (Å²) in [6.07, 6.45) is 3.98. The van der Waals surface area contributed by atoms with E-state index >= 15 is 0 Å². The zero-order valence-corrected chi connectivity index (χ0v) is 5.69. The Morgan fingerprint density at radius 3 is 1.82 bits per heavy atom. The van der Waals surface area contributed by atoms with Crippen molar-refractivity contribution in [1.29, 1.82) is 0 Å². The second-order valence-corrected chi connectivity index (χ2v) is 3.33. The molecule has 3 heteroatoms. The molecule has 1 aliphatic heterocycles. The number of hydrogen-bond donors (Lipinski definition) is 0. The van der Waals surface area contributed by atoms with Crippen molar-refractivity contribution in [2.24, 2.45) is 23.7 Å². The zero-order valence-electron chi connectivity index (χ0n) is 5.69. The Labute approximate surface area is 63.0 Å². The predicted molar refractivity (Wildman–Crippen MR) is 34.2 cm³/mol. The van der Waals surface area contributed by atoms with Crippen LogP contribution in [-0.2, 0) is 14.3 Å². The standard InChI is InChI=1S/C8H6O3/c9-7-5-3-1-2-4(3)6(5)8(10)11-7/h1-6H/t3-,4-,5-,6-/m1/s1. The van der Waals surface area contributed by atoms with Crippen LogP contribution >= 0.6 is 0 Å². The molecule has 4 atom stereocenters. The maximum Gasteiger partial charge on any atom is 0.318 e. The lowest BCUT2D eigenvalue weighted by Crippen LogP contribution is -2.50. The number of fused-ring (bicyclic) bond motifs is 4. The molecule has 0 bridgehead atoms. The third kappa shape index (κ3) is 0.414. The quantitative estimate of drug-likeness (QED) is 0.280. The van der Waals surface area contributed by atoms with Gasteiger partial charge in [-0.1, -0.05) is 12.2 Å². The fourth-order valence-electron chi connectivity index (χ4n) is 2.26. The van der Waals surface area contributed by atoms with Gasteiger partial charge in [-0.25, -0.2) is 0 Å². The normalized spacial score (nSPS) is 50.5. The minimum Gasteiger partial charge on any atom is -0.393 e. The van der Waals surface area contributed by atoms with Crippen molar-refractivity contribution in [3.8, 4) is 0 Å². The highest BCUT2D eigenvalue weighted by Crippen LogP contribution is 2.56. The summed E-state index contributed by atoms with van der Waals surface area (Å²) >= 11 is 0. The number of hydrogen-bond acceptors (Lipinski definition) is 3. The third-order valence-corrected chi connectivity index (χ3v) is 2.96. The number of carbonyl (C=O) groups excluding carboxylic acids is 2. The van der Waals surface area contributed by atoms with Gasteiger partial charge < -0.3 is 4.74 Å². The summed E-state index contributed by atoms with van der Waals surface area (Å²) in [6.45, 7) is 0. The van der Waals surface area contributed by atoms with E-state index < -0.39 is 0 Å². The fourth-order valence-corrected chi connectivity index (χ4v) is 2.26. The molecule has 1 heterocycles. The van der Waals surface area contributed by atoms with Gasteiger partial charge in [-0.2, -0.15) is 0 Å². The van der Waals surface area contributed by atoms with Gasteiger partial charge in [0.15, 0.2) is 0 Å². The highest BCUT2D eigenvalue weighted by molar-refractivity contribution is 5.99. The van der Waals surface area contributed by atoms with E-state index in [9.17, 15) is 9.59 Å². The van der Waals surface area contributed by atoms with Gasteiger partial charge in [0.1, 0.15) is 0 Å². The molecular formula is C8H6O3. The van der Waals surface area contributed by atoms with E-state index in [-0.39, 0.29) is 23.8 Å². The van der Waals surface area contributed by atoms with E-state index in [1.807, 2.05) is 12.2 Å². The van der Waals surface area contributed by atoms with Crippen LogP contribution in [0.4, 0.5) is 0 Å².